The molecule has 2 N–H and O–H groups in total. The third-order valence-electron chi connectivity index (χ3n) is 2.75. The molecule has 0 aromatic heterocycles. The second-order valence-corrected chi connectivity index (χ2v) is 5.87. The van der Waals surface area contributed by atoms with Gasteiger partial charge in [0.25, 0.3) is 0 Å². The summed E-state index contributed by atoms with van der Waals surface area (Å²) in [6, 6.07) is 8.89. The third kappa shape index (κ3) is 4.36. The minimum atomic E-state index is 0.164. The molecule has 1 aromatic carbocycles. The van der Waals surface area contributed by atoms with Gasteiger partial charge in [-0.1, -0.05) is 58.4 Å². The van der Waals surface area contributed by atoms with Gasteiger partial charge in [0.1, 0.15) is 0 Å². The fraction of sp³-hybridized carbons (Fsp3) is 0.600. The smallest absolute Gasteiger partial charge is 0.0299 e. The molecule has 0 aliphatic carbocycles. The highest BCUT2D eigenvalue weighted by Crippen LogP contribution is 2.28. The molecule has 0 radical (unpaired) electrons. The number of aryl methyl sites for hydroxylation is 1. The summed E-state index contributed by atoms with van der Waals surface area (Å²) in [6.45, 7) is 8.93. The van der Waals surface area contributed by atoms with Crippen molar-refractivity contribution in [1.82, 2.24) is 0 Å². The summed E-state index contributed by atoms with van der Waals surface area (Å²) in [5.74, 6) is 0. The average Bonchev–Trinajstić information content (AvgIpc) is 2.16. The Hall–Kier alpha value is -0.820. The zero-order chi connectivity index (χ0) is 12.2. The lowest BCUT2D eigenvalue weighted by Gasteiger charge is -2.23. The monoisotopic (exact) mass is 219 g/mol. The first-order chi connectivity index (χ1) is 7.42. The van der Waals surface area contributed by atoms with Gasteiger partial charge >= 0.3 is 0 Å². The molecule has 0 spiro atoms. The van der Waals surface area contributed by atoms with E-state index in [9.17, 15) is 0 Å². The predicted molar refractivity (Wildman–Crippen MR) is 71.4 cm³/mol. The highest BCUT2D eigenvalue weighted by Gasteiger charge is 2.16. The van der Waals surface area contributed by atoms with E-state index in [0.717, 1.165) is 12.8 Å². The van der Waals surface area contributed by atoms with E-state index < -0.39 is 0 Å². The second kappa shape index (κ2) is 5.49. The number of hydrogen-bond donors (Lipinski definition) is 1. The van der Waals surface area contributed by atoms with Crippen LogP contribution >= 0.6 is 0 Å². The van der Waals surface area contributed by atoms with Crippen LogP contribution in [0.3, 0.4) is 0 Å². The Morgan fingerprint density at radius 1 is 1.25 bits per heavy atom. The molecule has 0 aliphatic heterocycles. The van der Waals surface area contributed by atoms with E-state index in [1.54, 1.807) is 0 Å². The molecule has 1 heteroatoms. The van der Waals surface area contributed by atoms with Crippen molar-refractivity contribution < 1.29 is 0 Å². The summed E-state index contributed by atoms with van der Waals surface area (Å²) < 4.78 is 0. The molecular formula is C15H25N. The minimum absolute atomic E-state index is 0.164. The fourth-order valence-corrected chi connectivity index (χ4v) is 2.05. The average molecular weight is 219 g/mol. The van der Waals surface area contributed by atoms with Gasteiger partial charge in [-0.3, -0.25) is 0 Å². The van der Waals surface area contributed by atoms with Crippen LogP contribution in [0.5, 0.6) is 0 Å². The Bertz CT molecular complexity index is 322. The van der Waals surface area contributed by atoms with E-state index in [2.05, 4.69) is 52.0 Å². The molecular weight excluding hydrogens is 194 g/mol. The molecule has 1 unspecified atom stereocenters. The van der Waals surface area contributed by atoms with Crippen LogP contribution in [-0.4, -0.2) is 0 Å². The Labute approximate surface area is 100 Å². The van der Waals surface area contributed by atoms with E-state index in [0.29, 0.717) is 5.41 Å². The molecule has 90 valence electrons. The first kappa shape index (κ1) is 13.2. The quantitative estimate of drug-likeness (QED) is 0.811. The van der Waals surface area contributed by atoms with Crippen molar-refractivity contribution in [3.63, 3.8) is 0 Å². The maximum absolute atomic E-state index is 6.25. The Balaban J connectivity index is 2.75. The number of rotatable bonds is 4. The second-order valence-electron chi connectivity index (χ2n) is 5.87. The molecule has 0 saturated carbocycles. The van der Waals surface area contributed by atoms with Crippen molar-refractivity contribution in [2.75, 3.05) is 0 Å². The molecule has 1 rings (SSSR count). The number of benzene rings is 1. The summed E-state index contributed by atoms with van der Waals surface area (Å²) in [6.07, 6.45) is 3.37. The van der Waals surface area contributed by atoms with Gasteiger partial charge < -0.3 is 5.73 Å². The molecule has 1 aromatic rings. The summed E-state index contributed by atoms with van der Waals surface area (Å²) in [5, 5.41) is 0. The van der Waals surface area contributed by atoms with Crippen LogP contribution in [0.4, 0.5) is 0 Å². The molecule has 0 bridgehead atoms. The van der Waals surface area contributed by atoms with Crippen molar-refractivity contribution in [3.05, 3.63) is 35.4 Å². The van der Waals surface area contributed by atoms with Gasteiger partial charge in [-0.25, -0.2) is 0 Å². The highest BCUT2D eigenvalue weighted by molar-refractivity contribution is 5.26. The lowest BCUT2D eigenvalue weighted by Crippen LogP contribution is -2.18. The molecule has 16 heavy (non-hydrogen) atoms. The van der Waals surface area contributed by atoms with Crippen LogP contribution in [0.2, 0.25) is 0 Å². The Kier molecular flexibility index (Phi) is 4.55. The van der Waals surface area contributed by atoms with Crippen LogP contribution in [0.15, 0.2) is 24.3 Å². The normalized spacial score (nSPS) is 13.8. The van der Waals surface area contributed by atoms with E-state index >= 15 is 0 Å². The van der Waals surface area contributed by atoms with Gasteiger partial charge in [-0.15, -0.1) is 0 Å². The molecule has 0 amide bonds. The Morgan fingerprint density at radius 3 is 2.50 bits per heavy atom. The topological polar surface area (TPSA) is 26.0 Å². The summed E-state index contributed by atoms with van der Waals surface area (Å²) in [4.78, 5) is 0. The van der Waals surface area contributed by atoms with Crippen molar-refractivity contribution in [3.8, 4) is 0 Å². The van der Waals surface area contributed by atoms with Gasteiger partial charge in [0.15, 0.2) is 0 Å². The van der Waals surface area contributed by atoms with E-state index in [1.165, 1.54) is 17.5 Å². The van der Waals surface area contributed by atoms with Crippen LogP contribution in [0.1, 0.15) is 57.7 Å². The van der Waals surface area contributed by atoms with Gasteiger partial charge in [0.2, 0.25) is 0 Å². The molecule has 1 atom stereocenters. The van der Waals surface area contributed by atoms with E-state index in [1.807, 2.05) is 0 Å². The maximum atomic E-state index is 6.25. The van der Waals surface area contributed by atoms with Crippen LogP contribution in [0, 0.1) is 5.41 Å². The lowest BCUT2D eigenvalue weighted by atomic mass is 9.85. The first-order valence-electron chi connectivity index (χ1n) is 6.27. The third-order valence-corrected chi connectivity index (χ3v) is 2.75. The van der Waals surface area contributed by atoms with Crippen molar-refractivity contribution in [2.45, 2.75) is 53.0 Å². The SMILES string of the molecule is CCCc1cccc(C(N)CC(C)(C)C)c1. The Morgan fingerprint density at radius 2 is 1.94 bits per heavy atom. The standard InChI is InChI=1S/C15H25N/c1-5-7-12-8-6-9-13(10-12)14(16)11-15(2,3)4/h6,8-10,14H,5,7,11,16H2,1-4H3. The molecule has 1 nitrogen and oxygen atoms in total. The zero-order valence-electron chi connectivity index (χ0n) is 11.1. The van der Waals surface area contributed by atoms with E-state index in [-0.39, 0.29) is 6.04 Å². The highest BCUT2D eigenvalue weighted by atomic mass is 14.6. The largest absolute Gasteiger partial charge is 0.324 e. The van der Waals surface area contributed by atoms with Gasteiger partial charge in [0.05, 0.1) is 0 Å². The van der Waals surface area contributed by atoms with Crippen LogP contribution in [-0.2, 0) is 6.42 Å². The summed E-state index contributed by atoms with van der Waals surface area (Å²) in [5.41, 5.74) is 9.22. The van der Waals surface area contributed by atoms with Gasteiger partial charge in [-0.05, 0) is 29.4 Å². The van der Waals surface area contributed by atoms with Crippen LogP contribution in [0.25, 0.3) is 0 Å². The van der Waals surface area contributed by atoms with Crippen molar-refractivity contribution in [2.24, 2.45) is 11.1 Å². The van der Waals surface area contributed by atoms with Gasteiger partial charge in [0, 0.05) is 6.04 Å². The first-order valence-corrected chi connectivity index (χ1v) is 6.27. The van der Waals surface area contributed by atoms with Gasteiger partial charge in [-0.2, -0.15) is 0 Å². The summed E-state index contributed by atoms with van der Waals surface area (Å²) in [7, 11) is 0. The minimum Gasteiger partial charge on any atom is -0.324 e. The zero-order valence-corrected chi connectivity index (χ0v) is 11.1. The molecule has 0 fully saturated rings. The maximum Gasteiger partial charge on any atom is 0.0299 e. The van der Waals surface area contributed by atoms with Crippen molar-refractivity contribution >= 4 is 0 Å². The lowest BCUT2D eigenvalue weighted by molar-refractivity contribution is 0.342. The predicted octanol–water partition coefficient (Wildman–Crippen LogP) is 4.08. The number of nitrogens with two attached hydrogens (primary N) is 1. The molecule has 0 heterocycles. The summed E-state index contributed by atoms with van der Waals surface area (Å²) >= 11 is 0. The van der Waals surface area contributed by atoms with Crippen molar-refractivity contribution in [1.29, 1.82) is 0 Å². The number of hydrogen-bond acceptors (Lipinski definition) is 1. The molecule has 0 saturated heterocycles. The van der Waals surface area contributed by atoms with E-state index in [4.69, 9.17) is 5.73 Å². The molecule has 0 aliphatic rings. The fourth-order valence-electron chi connectivity index (χ4n) is 2.05. The van der Waals surface area contributed by atoms with Crippen LogP contribution < -0.4 is 5.73 Å².